The van der Waals surface area contributed by atoms with Gasteiger partial charge in [0, 0.05) is 0 Å². The van der Waals surface area contributed by atoms with E-state index in [-0.39, 0.29) is 0 Å². The van der Waals surface area contributed by atoms with E-state index >= 15 is 0 Å². The first kappa shape index (κ1) is 4.51. The molecule has 1 heterocycles. The highest BCUT2D eigenvalue weighted by molar-refractivity contribution is 7.99. The van der Waals surface area contributed by atoms with Gasteiger partial charge in [-0.2, -0.15) is 11.8 Å². The van der Waals surface area contributed by atoms with Crippen molar-refractivity contribution >= 4 is 11.8 Å². The monoisotopic (exact) mass is 101 g/mol. The number of thioether (sulfide) groups is 1. The topological polar surface area (TPSA) is 0 Å². The van der Waals surface area contributed by atoms with Crippen LogP contribution >= 0.6 is 11.8 Å². The zero-order valence-corrected chi connectivity index (χ0v) is 4.63. The molecule has 1 atom stereocenters. The average Bonchev–Trinajstić information content (AvgIpc) is 1.86. The summed E-state index contributed by atoms with van der Waals surface area (Å²) in [4.78, 5) is 0. The van der Waals surface area contributed by atoms with E-state index in [4.69, 9.17) is 0 Å². The number of rotatable bonds is 0. The molecule has 35 valence electrons. The maximum absolute atomic E-state index is 3.92. The molecule has 0 aromatic carbocycles. The van der Waals surface area contributed by atoms with E-state index in [0.29, 0.717) is 0 Å². The SMILES string of the molecule is [CH2]C1CCSC1. The van der Waals surface area contributed by atoms with Crippen LogP contribution in [0, 0.1) is 12.8 Å². The summed E-state index contributed by atoms with van der Waals surface area (Å²) in [5.41, 5.74) is 0. The van der Waals surface area contributed by atoms with Crippen molar-refractivity contribution in [1.82, 2.24) is 0 Å². The molecule has 0 bridgehead atoms. The van der Waals surface area contributed by atoms with Crippen molar-refractivity contribution in [3.63, 3.8) is 0 Å². The molecular formula is C5H9S. The zero-order chi connectivity index (χ0) is 4.41. The predicted octanol–water partition coefficient (Wildman–Crippen LogP) is 1.57. The van der Waals surface area contributed by atoms with E-state index in [2.05, 4.69) is 6.92 Å². The minimum Gasteiger partial charge on any atom is -0.162 e. The molecule has 0 aromatic heterocycles. The van der Waals surface area contributed by atoms with E-state index in [1.807, 2.05) is 11.8 Å². The maximum Gasteiger partial charge on any atom is -0.00388 e. The van der Waals surface area contributed by atoms with Gasteiger partial charge in [-0.05, 0) is 30.8 Å². The average molecular weight is 101 g/mol. The lowest BCUT2D eigenvalue weighted by atomic mass is 10.2. The quantitative estimate of drug-likeness (QED) is 0.446. The Kier molecular flexibility index (Phi) is 1.41. The summed E-state index contributed by atoms with van der Waals surface area (Å²) in [7, 11) is 0. The van der Waals surface area contributed by atoms with Crippen LogP contribution in [0.4, 0.5) is 0 Å². The molecular weight excluding hydrogens is 92.1 g/mol. The fraction of sp³-hybridized carbons (Fsp3) is 0.800. The van der Waals surface area contributed by atoms with Gasteiger partial charge in [-0.15, -0.1) is 0 Å². The fourth-order valence-electron chi connectivity index (χ4n) is 0.583. The van der Waals surface area contributed by atoms with Gasteiger partial charge in [0.15, 0.2) is 0 Å². The van der Waals surface area contributed by atoms with E-state index in [1.54, 1.807) is 0 Å². The lowest BCUT2D eigenvalue weighted by Crippen LogP contribution is -1.86. The molecule has 1 saturated heterocycles. The van der Waals surface area contributed by atoms with Crippen molar-refractivity contribution in [3.05, 3.63) is 6.92 Å². The van der Waals surface area contributed by atoms with Gasteiger partial charge in [0.05, 0.1) is 0 Å². The number of hydrogen-bond donors (Lipinski definition) is 0. The minimum atomic E-state index is 0.759. The van der Waals surface area contributed by atoms with Crippen molar-refractivity contribution in [3.8, 4) is 0 Å². The minimum absolute atomic E-state index is 0.759. The number of hydrogen-bond acceptors (Lipinski definition) is 1. The van der Waals surface area contributed by atoms with Gasteiger partial charge in [0.25, 0.3) is 0 Å². The molecule has 0 spiro atoms. The summed E-state index contributed by atoms with van der Waals surface area (Å²) in [6.45, 7) is 3.92. The van der Waals surface area contributed by atoms with Gasteiger partial charge in [-0.25, -0.2) is 0 Å². The smallest absolute Gasteiger partial charge is 0.00388 e. The van der Waals surface area contributed by atoms with Crippen molar-refractivity contribution in [2.24, 2.45) is 5.92 Å². The Bertz CT molecular complexity index is 37.2. The predicted molar refractivity (Wildman–Crippen MR) is 30.8 cm³/mol. The molecule has 0 aromatic rings. The molecule has 1 aliphatic rings. The van der Waals surface area contributed by atoms with Crippen LogP contribution in [0.25, 0.3) is 0 Å². The fourth-order valence-corrected chi connectivity index (χ4v) is 1.75. The lowest BCUT2D eigenvalue weighted by molar-refractivity contribution is 0.743. The Labute approximate surface area is 43.3 Å². The van der Waals surface area contributed by atoms with Crippen molar-refractivity contribution in [2.45, 2.75) is 6.42 Å². The highest BCUT2D eigenvalue weighted by atomic mass is 32.2. The first-order chi connectivity index (χ1) is 2.89. The normalized spacial score (nSPS) is 34.5. The molecule has 0 N–H and O–H groups in total. The Balaban J connectivity index is 2.18. The van der Waals surface area contributed by atoms with Gasteiger partial charge in [0.2, 0.25) is 0 Å². The summed E-state index contributed by atoms with van der Waals surface area (Å²) in [5.74, 6) is 3.39. The van der Waals surface area contributed by atoms with Gasteiger partial charge < -0.3 is 0 Å². The third-order valence-corrected chi connectivity index (χ3v) is 2.26. The van der Waals surface area contributed by atoms with Gasteiger partial charge in [-0.3, -0.25) is 0 Å². The largest absolute Gasteiger partial charge is 0.162 e. The van der Waals surface area contributed by atoms with Crippen LogP contribution in [-0.2, 0) is 0 Å². The van der Waals surface area contributed by atoms with Crippen molar-refractivity contribution < 1.29 is 0 Å². The summed E-state index contributed by atoms with van der Waals surface area (Å²) >= 11 is 2.02. The van der Waals surface area contributed by atoms with E-state index < -0.39 is 0 Å². The Morgan fingerprint density at radius 1 is 1.67 bits per heavy atom. The molecule has 1 aliphatic heterocycles. The van der Waals surface area contributed by atoms with Crippen molar-refractivity contribution in [2.75, 3.05) is 11.5 Å². The molecule has 1 rings (SSSR count). The molecule has 1 unspecified atom stereocenters. The van der Waals surface area contributed by atoms with Crippen LogP contribution in [0.15, 0.2) is 0 Å². The molecule has 0 nitrogen and oxygen atoms in total. The van der Waals surface area contributed by atoms with Gasteiger partial charge >= 0.3 is 0 Å². The van der Waals surface area contributed by atoms with Crippen LogP contribution in [-0.4, -0.2) is 11.5 Å². The summed E-state index contributed by atoms with van der Waals surface area (Å²) in [6, 6.07) is 0. The second-order valence-electron chi connectivity index (χ2n) is 1.73. The highest BCUT2D eigenvalue weighted by Crippen LogP contribution is 2.21. The van der Waals surface area contributed by atoms with E-state index in [9.17, 15) is 0 Å². The van der Waals surface area contributed by atoms with Crippen molar-refractivity contribution in [1.29, 1.82) is 0 Å². The van der Waals surface area contributed by atoms with Crippen LogP contribution in [0.5, 0.6) is 0 Å². The van der Waals surface area contributed by atoms with E-state index in [1.165, 1.54) is 17.9 Å². The summed E-state index contributed by atoms with van der Waals surface area (Å²) in [6.07, 6.45) is 1.34. The molecule has 0 aliphatic carbocycles. The molecule has 1 radical (unpaired) electrons. The molecule has 1 fully saturated rings. The molecule has 6 heavy (non-hydrogen) atoms. The second-order valence-corrected chi connectivity index (χ2v) is 2.88. The first-order valence-electron chi connectivity index (χ1n) is 2.30. The first-order valence-corrected chi connectivity index (χ1v) is 3.46. The second kappa shape index (κ2) is 1.87. The van der Waals surface area contributed by atoms with Gasteiger partial charge in [0.1, 0.15) is 0 Å². The Hall–Kier alpha value is 0.350. The maximum atomic E-state index is 3.92. The van der Waals surface area contributed by atoms with Crippen LogP contribution < -0.4 is 0 Å². The Morgan fingerprint density at radius 3 is 2.67 bits per heavy atom. The van der Waals surface area contributed by atoms with Crippen LogP contribution in [0.3, 0.4) is 0 Å². The van der Waals surface area contributed by atoms with E-state index in [0.717, 1.165) is 5.92 Å². The lowest BCUT2D eigenvalue weighted by Gasteiger charge is -1.89. The molecule has 1 heteroatoms. The van der Waals surface area contributed by atoms with Gasteiger partial charge in [-0.1, -0.05) is 0 Å². The third-order valence-electron chi connectivity index (χ3n) is 1.02. The summed E-state index contributed by atoms with van der Waals surface area (Å²) in [5, 5.41) is 0. The summed E-state index contributed by atoms with van der Waals surface area (Å²) < 4.78 is 0. The highest BCUT2D eigenvalue weighted by Gasteiger charge is 2.07. The molecule has 0 saturated carbocycles. The zero-order valence-electron chi connectivity index (χ0n) is 3.81. The molecule has 0 amide bonds. The van der Waals surface area contributed by atoms with Crippen LogP contribution in [0.2, 0.25) is 0 Å². The Morgan fingerprint density at radius 2 is 2.50 bits per heavy atom. The van der Waals surface area contributed by atoms with Crippen LogP contribution in [0.1, 0.15) is 6.42 Å². The standard InChI is InChI=1S/C5H9S/c1-5-2-3-6-4-5/h5H,1-4H2. The third kappa shape index (κ3) is 0.904.